The molecule has 3 amide bonds. The van der Waals surface area contributed by atoms with Crippen LogP contribution < -0.4 is 29.6 Å². The predicted molar refractivity (Wildman–Crippen MR) is 226 cm³/mol. The first-order valence-electron chi connectivity index (χ1n) is 19.7. The van der Waals surface area contributed by atoms with E-state index < -0.39 is 63.1 Å². The number of aromatic nitrogens is 1. The van der Waals surface area contributed by atoms with Crippen LogP contribution in [0.3, 0.4) is 0 Å². The number of carbonyl (C=O) groups is 3. The van der Waals surface area contributed by atoms with Crippen LogP contribution in [-0.4, -0.2) is 61.7 Å². The molecule has 2 unspecified atom stereocenters. The minimum absolute atomic E-state index is 0.120. The lowest BCUT2D eigenvalue weighted by Crippen LogP contribution is -2.55. The first-order chi connectivity index (χ1) is 28.7. The molecular weight excluding hydrogens is 785 g/mol. The lowest BCUT2D eigenvalue weighted by atomic mass is 10.0. The van der Waals surface area contributed by atoms with Crippen molar-refractivity contribution in [3.63, 3.8) is 0 Å². The number of rotatable bonds is 14. The maximum absolute atomic E-state index is 14.4. The maximum Gasteiger partial charge on any atom is 0.407 e. The molecule has 0 radical (unpaired) electrons. The second kappa shape index (κ2) is 17.1. The van der Waals surface area contributed by atoms with Gasteiger partial charge >= 0.3 is 6.09 Å². The van der Waals surface area contributed by atoms with E-state index in [1.54, 1.807) is 33.9 Å². The number of ether oxygens (including phenoxy) is 4. The molecule has 60 heavy (non-hydrogen) atoms. The van der Waals surface area contributed by atoms with E-state index in [0.29, 0.717) is 28.5 Å². The topological polar surface area (TPSA) is 171 Å². The summed E-state index contributed by atoms with van der Waals surface area (Å²) in [6, 6.07) is 31.4. The lowest BCUT2D eigenvalue weighted by molar-refractivity contribution is -0.132. The molecule has 2 saturated carbocycles. The molecule has 5 aromatic rings. The van der Waals surface area contributed by atoms with E-state index in [1.165, 1.54) is 24.3 Å². The van der Waals surface area contributed by atoms with Crippen LogP contribution in [-0.2, 0) is 31.0 Å². The van der Waals surface area contributed by atoms with E-state index in [1.807, 2.05) is 84.9 Å². The summed E-state index contributed by atoms with van der Waals surface area (Å²) in [6.45, 7) is 9.24. The molecule has 0 bridgehead atoms. The summed E-state index contributed by atoms with van der Waals surface area (Å²) in [7, 11) is -2.82. The average molecular weight is 833 g/mol. The highest BCUT2D eigenvalue weighted by Gasteiger charge is 2.61. The molecule has 3 N–H and O–H groups in total. The Morgan fingerprint density at radius 2 is 1.63 bits per heavy atom. The fourth-order valence-corrected chi connectivity index (χ4v) is 8.50. The van der Waals surface area contributed by atoms with Crippen LogP contribution in [0.25, 0.3) is 22.2 Å². The highest BCUT2D eigenvalue weighted by molar-refractivity contribution is 7.90. The number of fused-ring (bicyclic) bond motifs is 1. The molecule has 1 heterocycles. The van der Waals surface area contributed by atoms with E-state index in [-0.39, 0.29) is 30.8 Å². The molecule has 0 aliphatic heterocycles. The standard InChI is InChI=1S/C46H48N4O9S/c1-6-31-27-46(31,43(52)50-60(54,55)35-19-13-18-33(22-35)57-28-29-14-9-7-10-15-29)49-42(51)37-23-34(25-40(37)48-44(53)59-45(2,3)4)58-41-26-38(30-16-11-8-12-17-30)47-39-24-32(56-5)20-21-36(39)41/h6-22,24,26,31,34,37,40H,1,23,25,27-28H2,2-5H3,(H,48,53)(H,49,51)(H,50,52)/t31?,34-,37-,40+,46?/m1/s1. The third-order valence-corrected chi connectivity index (χ3v) is 11.9. The fourth-order valence-electron chi connectivity index (χ4n) is 7.42. The number of sulfonamides is 1. The number of carbonyl (C=O) groups excluding carboxylic acids is 3. The largest absolute Gasteiger partial charge is 0.497 e. The van der Waals surface area contributed by atoms with Gasteiger partial charge < -0.3 is 29.6 Å². The van der Waals surface area contributed by atoms with Gasteiger partial charge in [-0.15, -0.1) is 6.58 Å². The zero-order chi connectivity index (χ0) is 42.7. The Hall–Kier alpha value is -6.41. The zero-order valence-corrected chi connectivity index (χ0v) is 34.7. The molecule has 0 saturated heterocycles. The van der Waals surface area contributed by atoms with Gasteiger partial charge in [0.1, 0.15) is 41.1 Å². The van der Waals surface area contributed by atoms with Gasteiger partial charge in [-0.25, -0.2) is 22.9 Å². The van der Waals surface area contributed by atoms with Gasteiger partial charge in [0.15, 0.2) is 0 Å². The molecule has 5 atom stereocenters. The summed E-state index contributed by atoms with van der Waals surface area (Å²) in [4.78, 5) is 46.2. The van der Waals surface area contributed by atoms with Crippen molar-refractivity contribution in [2.45, 2.75) is 74.8 Å². The Balaban J connectivity index is 1.11. The Morgan fingerprint density at radius 3 is 2.32 bits per heavy atom. The van der Waals surface area contributed by atoms with Gasteiger partial charge in [-0.2, -0.15) is 0 Å². The van der Waals surface area contributed by atoms with Crippen molar-refractivity contribution >= 4 is 38.8 Å². The number of benzene rings is 4. The molecule has 1 aromatic heterocycles. The smallest absolute Gasteiger partial charge is 0.407 e. The molecule has 2 aliphatic rings. The number of amides is 3. The van der Waals surface area contributed by atoms with Crippen LogP contribution in [0.2, 0.25) is 0 Å². The normalized spacial score (nSPS) is 21.0. The van der Waals surface area contributed by atoms with Gasteiger partial charge in [-0.05, 0) is 63.4 Å². The van der Waals surface area contributed by atoms with Crippen molar-refractivity contribution in [1.82, 2.24) is 20.3 Å². The Bertz CT molecular complexity index is 2510. The van der Waals surface area contributed by atoms with Gasteiger partial charge in [0.05, 0.1) is 29.1 Å². The Morgan fingerprint density at radius 1 is 0.900 bits per heavy atom. The van der Waals surface area contributed by atoms with Crippen molar-refractivity contribution < 1.29 is 41.7 Å². The SMILES string of the molecule is C=CC1CC1(NC(=O)[C@@H]1C[C@@H](Oc2cc(-c3ccccc3)nc3cc(OC)ccc23)C[C@@H]1NC(=O)OC(C)(C)C)C(=O)NS(=O)(=O)c1cccc(OCc2ccccc2)c1. The summed E-state index contributed by atoms with van der Waals surface area (Å²) >= 11 is 0. The van der Waals surface area contributed by atoms with E-state index in [0.717, 1.165) is 16.5 Å². The number of nitrogens with zero attached hydrogens (tertiary/aromatic N) is 1. The third kappa shape index (κ3) is 9.55. The molecule has 2 aliphatic carbocycles. The first-order valence-corrected chi connectivity index (χ1v) is 21.1. The van der Waals surface area contributed by atoms with Gasteiger partial charge in [-0.1, -0.05) is 72.8 Å². The van der Waals surface area contributed by atoms with Crippen LogP contribution in [0.5, 0.6) is 17.2 Å². The second-order valence-corrected chi connectivity index (χ2v) is 17.7. The second-order valence-electron chi connectivity index (χ2n) is 16.0. The molecule has 14 heteroatoms. The molecule has 0 spiro atoms. The quantitative estimate of drug-likeness (QED) is 0.0981. The minimum Gasteiger partial charge on any atom is -0.497 e. The van der Waals surface area contributed by atoms with Crippen LogP contribution in [0.4, 0.5) is 4.79 Å². The van der Waals surface area contributed by atoms with Crippen molar-refractivity contribution in [1.29, 1.82) is 0 Å². The summed E-state index contributed by atoms with van der Waals surface area (Å²) in [6.07, 6.45) is 0.706. The van der Waals surface area contributed by atoms with E-state index in [4.69, 9.17) is 23.9 Å². The third-order valence-electron chi connectivity index (χ3n) is 10.5. The fraction of sp³-hybridized carbons (Fsp3) is 0.304. The number of alkyl carbamates (subject to hydrolysis) is 1. The van der Waals surface area contributed by atoms with Crippen molar-refractivity contribution in [3.8, 4) is 28.5 Å². The van der Waals surface area contributed by atoms with Crippen LogP contribution in [0, 0.1) is 11.8 Å². The molecule has 13 nitrogen and oxygen atoms in total. The van der Waals surface area contributed by atoms with Gasteiger partial charge in [-0.3, -0.25) is 9.59 Å². The molecule has 4 aromatic carbocycles. The van der Waals surface area contributed by atoms with Gasteiger partial charge in [0.2, 0.25) is 5.91 Å². The Labute approximate surface area is 349 Å². The molecule has 2 fully saturated rings. The van der Waals surface area contributed by atoms with E-state index >= 15 is 0 Å². The maximum atomic E-state index is 14.4. The van der Waals surface area contributed by atoms with Crippen molar-refractivity contribution in [2.75, 3.05) is 7.11 Å². The van der Waals surface area contributed by atoms with Gasteiger partial charge in [0.25, 0.3) is 15.9 Å². The lowest BCUT2D eigenvalue weighted by Gasteiger charge is -2.26. The first kappa shape index (κ1) is 41.7. The van der Waals surface area contributed by atoms with Crippen LogP contribution in [0.1, 0.15) is 45.6 Å². The Kier molecular flexibility index (Phi) is 11.9. The highest BCUT2D eigenvalue weighted by atomic mass is 32.2. The molecule has 7 rings (SSSR count). The molecular formula is C46H48N4O9S. The monoisotopic (exact) mass is 832 g/mol. The van der Waals surface area contributed by atoms with Crippen LogP contribution in [0.15, 0.2) is 127 Å². The minimum atomic E-state index is -4.40. The summed E-state index contributed by atoms with van der Waals surface area (Å²) < 4.78 is 52.9. The average Bonchev–Trinajstić information content (AvgIpc) is 3.81. The number of hydrogen-bond donors (Lipinski definition) is 3. The number of nitrogens with one attached hydrogen (secondary N) is 3. The van der Waals surface area contributed by atoms with E-state index in [9.17, 15) is 22.8 Å². The number of methoxy groups -OCH3 is 1. The summed E-state index contributed by atoms with van der Waals surface area (Å²) in [5.74, 6) is -1.49. The number of pyridine rings is 1. The number of hydrogen-bond acceptors (Lipinski definition) is 10. The zero-order valence-electron chi connectivity index (χ0n) is 33.8. The predicted octanol–water partition coefficient (Wildman–Crippen LogP) is 7.11. The molecule has 312 valence electrons. The summed E-state index contributed by atoms with van der Waals surface area (Å²) in [5, 5.41) is 6.44. The highest BCUT2D eigenvalue weighted by Crippen LogP contribution is 2.46. The van der Waals surface area contributed by atoms with Crippen molar-refractivity contribution in [3.05, 3.63) is 127 Å². The van der Waals surface area contributed by atoms with Crippen LogP contribution >= 0.6 is 0 Å². The summed E-state index contributed by atoms with van der Waals surface area (Å²) in [5.41, 5.74) is 0.659. The van der Waals surface area contributed by atoms with E-state index in [2.05, 4.69) is 21.9 Å². The van der Waals surface area contributed by atoms with Crippen molar-refractivity contribution in [2.24, 2.45) is 11.8 Å². The van der Waals surface area contributed by atoms with Gasteiger partial charge in [0, 0.05) is 47.5 Å².